The van der Waals surface area contributed by atoms with Gasteiger partial charge < -0.3 is 14.9 Å². The molecule has 0 aliphatic carbocycles. The minimum absolute atomic E-state index is 0.173. The van der Waals surface area contributed by atoms with E-state index in [2.05, 4.69) is 36.9 Å². The highest BCUT2D eigenvalue weighted by Crippen LogP contribution is 2.44. The Bertz CT molecular complexity index is 543. The summed E-state index contributed by atoms with van der Waals surface area (Å²) in [6.07, 6.45) is 1.04. The van der Waals surface area contributed by atoms with Gasteiger partial charge in [0, 0.05) is 31.2 Å². The normalized spacial score (nSPS) is 29.8. The Hall–Kier alpha value is -1.55. The van der Waals surface area contributed by atoms with Gasteiger partial charge in [0.05, 0.1) is 5.92 Å². The molecular formula is C16H22N2O2. The van der Waals surface area contributed by atoms with E-state index in [9.17, 15) is 9.90 Å². The van der Waals surface area contributed by atoms with Crippen molar-refractivity contribution in [1.82, 2.24) is 4.90 Å². The van der Waals surface area contributed by atoms with E-state index < -0.39 is 5.97 Å². The van der Waals surface area contributed by atoms with E-state index in [-0.39, 0.29) is 11.8 Å². The Labute approximate surface area is 120 Å². The minimum Gasteiger partial charge on any atom is -0.481 e. The molecule has 0 aromatic heterocycles. The van der Waals surface area contributed by atoms with Crippen molar-refractivity contribution in [3.8, 4) is 0 Å². The molecule has 4 nitrogen and oxygen atoms in total. The maximum Gasteiger partial charge on any atom is 0.311 e. The van der Waals surface area contributed by atoms with Gasteiger partial charge in [0.25, 0.3) is 0 Å². The monoisotopic (exact) mass is 274 g/mol. The number of aliphatic carboxylic acids is 1. The summed E-state index contributed by atoms with van der Waals surface area (Å²) in [5, 5.41) is 9.73. The zero-order valence-corrected chi connectivity index (χ0v) is 12.3. The first-order valence-corrected chi connectivity index (χ1v) is 7.23. The lowest BCUT2D eigenvalue weighted by Gasteiger charge is -2.49. The van der Waals surface area contributed by atoms with Crippen molar-refractivity contribution in [3.63, 3.8) is 0 Å². The number of carboxylic acid groups (broad SMARTS) is 1. The molecule has 1 saturated heterocycles. The maximum absolute atomic E-state index is 11.8. The molecule has 1 aromatic rings. The molecular weight excluding hydrogens is 252 g/mol. The highest BCUT2D eigenvalue weighted by Gasteiger charge is 2.45. The number of rotatable bonds is 1. The molecule has 1 N–H and O–H groups in total. The van der Waals surface area contributed by atoms with Crippen LogP contribution in [0, 0.1) is 12.8 Å². The van der Waals surface area contributed by atoms with Gasteiger partial charge in [0.2, 0.25) is 0 Å². The summed E-state index contributed by atoms with van der Waals surface area (Å²) in [6, 6.07) is 6.49. The van der Waals surface area contributed by atoms with Gasteiger partial charge in [-0.3, -0.25) is 4.79 Å². The predicted molar refractivity (Wildman–Crippen MR) is 79.4 cm³/mol. The Kier molecular flexibility index (Phi) is 3.21. The van der Waals surface area contributed by atoms with Crippen LogP contribution in [0.3, 0.4) is 0 Å². The summed E-state index contributed by atoms with van der Waals surface area (Å²) in [5.41, 5.74) is 3.26. The Morgan fingerprint density at radius 1 is 1.35 bits per heavy atom. The highest BCUT2D eigenvalue weighted by atomic mass is 16.4. The molecule has 3 atom stereocenters. The van der Waals surface area contributed by atoms with Crippen molar-refractivity contribution >= 4 is 11.7 Å². The fraction of sp³-hybridized carbons (Fsp3) is 0.562. The highest BCUT2D eigenvalue weighted by molar-refractivity contribution is 5.81. The van der Waals surface area contributed by atoms with E-state index in [1.165, 1.54) is 5.56 Å². The third kappa shape index (κ3) is 1.99. The second-order valence-corrected chi connectivity index (χ2v) is 6.27. The van der Waals surface area contributed by atoms with Gasteiger partial charge in [-0.25, -0.2) is 0 Å². The predicted octanol–water partition coefficient (Wildman–Crippen LogP) is 1.93. The molecule has 3 unspecified atom stereocenters. The summed E-state index contributed by atoms with van der Waals surface area (Å²) in [7, 11) is 4.19. The largest absolute Gasteiger partial charge is 0.481 e. The van der Waals surface area contributed by atoms with Crippen LogP contribution in [0.5, 0.6) is 0 Å². The number of hydrogen-bond donors (Lipinski definition) is 1. The molecule has 4 heteroatoms. The second kappa shape index (κ2) is 4.77. The molecule has 0 saturated carbocycles. The molecule has 1 fully saturated rings. The topological polar surface area (TPSA) is 43.8 Å². The maximum atomic E-state index is 11.8. The Morgan fingerprint density at radius 2 is 2.10 bits per heavy atom. The summed E-state index contributed by atoms with van der Waals surface area (Å²) in [5.74, 6) is -0.894. The lowest BCUT2D eigenvalue weighted by molar-refractivity contribution is -0.141. The third-order valence-electron chi connectivity index (χ3n) is 4.92. The van der Waals surface area contributed by atoms with Crippen LogP contribution < -0.4 is 4.90 Å². The fourth-order valence-corrected chi connectivity index (χ4v) is 3.90. The summed E-state index contributed by atoms with van der Waals surface area (Å²) in [6.45, 7) is 3.96. The van der Waals surface area contributed by atoms with Crippen molar-refractivity contribution in [2.24, 2.45) is 5.92 Å². The first-order chi connectivity index (χ1) is 9.49. The van der Waals surface area contributed by atoms with Crippen LogP contribution in [0.1, 0.15) is 23.5 Å². The summed E-state index contributed by atoms with van der Waals surface area (Å²) >= 11 is 0. The smallest absolute Gasteiger partial charge is 0.311 e. The SMILES string of the molecule is Cc1ccc2c(c1)N(C)C1CCN(C)CC1C2C(=O)O. The number of fused-ring (bicyclic) bond motifs is 2. The molecule has 108 valence electrons. The number of benzene rings is 1. The number of hydrogen-bond acceptors (Lipinski definition) is 3. The number of carboxylic acids is 1. The second-order valence-electron chi connectivity index (χ2n) is 6.27. The fourth-order valence-electron chi connectivity index (χ4n) is 3.90. The zero-order chi connectivity index (χ0) is 14.4. The van der Waals surface area contributed by atoms with Crippen molar-refractivity contribution in [3.05, 3.63) is 29.3 Å². The number of anilines is 1. The van der Waals surface area contributed by atoms with Crippen LogP contribution in [0.2, 0.25) is 0 Å². The average Bonchev–Trinajstić information content (AvgIpc) is 2.39. The number of aryl methyl sites for hydroxylation is 1. The first kappa shape index (κ1) is 13.4. The number of carbonyl (C=O) groups is 1. The van der Waals surface area contributed by atoms with Gasteiger partial charge in [-0.05, 0) is 44.1 Å². The van der Waals surface area contributed by atoms with Crippen LogP contribution in [-0.4, -0.2) is 49.2 Å². The molecule has 3 rings (SSSR count). The Morgan fingerprint density at radius 3 is 2.80 bits per heavy atom. The van der Waals surface area contributed by atoms with Crippen molar-refractivity contribution in [2.75, 3.05) is 32.1 Å². The quantitative estimate of drug-likeness (QED) is 0.850. The molecule has 0 radical (unpaired) electrons. The van der Waals surface area contributed by atoms with E-state index in [1.807, 2.05) is 12.1 Å². The zero-order valence-electron chi connectivity index (χ0n) is 12.3. The van der Waals surface area contributed by atoms with E-state index in [1.54, 1.807) is 0 Å². The number of piperidine rings is 1. The van der Waals surface area contributed by atoms with Crippen LogP contribution in [0.25, 0.3) is 0 Å². The Balaban J connectivity index is 2.11. The number of nitrogens with zero attached hydrogens (tertiary/aromatic N) is 2. The van der Waals surface area contributed by atoms with Crippen LogP contribution >= 0.6 is 0 Å². The number of likely N-dealkylation sites (tertiary alicyclic amines) is 1. The van der Waals surface area contributed by atoms with E-state index in [0.29, 0.717) is 6.04 Å². The van der Waals surface area contributed by atoms with Crippen molar-refractivity contribution in [1.29, 1.82) is 0 Å². The van der Waals surface area contributed by atoms with Crippen LogP contribution in [0.4, 0.5) is 5.69 Å². The molecule has 1 aromatic carbocycles. The van der Waals surface area contributed by atoms with Crippen molar-refractivity contribution < 1.29 is 9.90 Å². The van der Waals surface area contributed by atoms with Crippen LogP contribution in [-0.2, 0) is 4.79 Å². The van der Waals surface area contributed by atoms with Gasteiger partial charge in [0.1, 0.15) is 0 Å². The van der Waals surface area contributed by atoms with Gasteiger partial charge in [-0.1, -0.05) is 12.1 Å². The van der Waals surface area contributed by atoms with E-state index in [0.717, 1.165) is 30.8 Å². The molecule has 2 aliphatic rings. The average molecular weight is 274 g/mol. The van der Waals surface area contributed by atoms with Crippen LogP contribution in [0.15, 0.2) is 18.2 Å². The third-order valence-corrected chi connectivity index (χ3v) is 4.92. The molecule has 0 spiro atoms. The lowest BCUT2D eigenvalue weighted by Crippen LogP contribution is -2.55. The van der Waals surface area contributed by atoms with Gasteiger partial charge in [-0.2, -0.15) is 0 Å². The standard InChI is InChI=1S/C16H22N2O2/c1-10-4-5-11-14(8-10)18(3)13-6-7-17(2)9-12(13)15(11)16(19)20/h4-5,8,12-13,15H,6-7,9H2,1-3H3,(H,19,20). The molecule has 2 aliphatic heterocycles. The molecule has 0 amide bonds. The molecule has 0 bridgehead atoms. The van der Waals surface area contributed by atoms with Gasteiger partial charge in [-0.15, -0.1) is 0 Å². The van der Waals surface area contributed by atoms with Gasteiger partial charge in [0.15, 0.2) is 0 Å². The summed E-state index contributed by atoms with van der Waals surface area (Å²) < 4.78 is 0. The van der Waals surface area contributed by atoms with Crippen molar-refractivity contribution in [2.45, 2.75) is 25.3 Å². The summed E-state index contributed by atoms with van der Waals surface area (Å²) in [4.78, 5) is 16.4. The van der Waals surface area contributed by atoms with E-state index in [4.69, 9.17) is 0 Å². The minimum atomic E-state index is -0.687. The molecule has 20 heavy (non-hydrogen) atoms. The van der Waals surface area contributed by atoms with E-state index >= 15 is 0 Å². The van der Waals surface area contributed by atoms with Gasteiger partial charge >= 0.3 is 5.97 Å². The first-order valence-electron chi connectivity index (χ1n) is 7.23. The molecule has 2 heterocycles. The lowest BCUT2D eigenvalue weighted by atomic mass is 9.73.